The number of hydrogen-bond acceptors (Lipinski definition) is 4. The maximum atomic E-state index is 12.3. The standard InChI is InChI=1S/C17H18N4O2/c1-2-12-4-6-14(7-5-12)21-11-13(10-15(21)22)16(23)20-17-18-8-3-9-19-17/h3-9,13H,2,10-11H2,1H3,(H,18,19,20,23)/t13-/m0/s1. The summed E-state index contributed by atoms with van der Waals surface area (Å²) >= 11 is 0. The van der Waals surface area contributed by atoms with Crippen LogP contribution in [0.5, 0.6) is 0 Å². The molecule has 6 heteroatoms. The summed E-state index contributed by atoms with van der Waals surface area (Å²) in [7, 11) is 0. The zero-order chi connectivity index (χ0) is 16.2. The van der Waals surface area contributed by atoms with Crippen LogP contribution in [0.3, 0.4) is 0 Å². The number of rotatable bonds is 4. The van der Waals surface area contributed by atoms with E-state index in [0.29, 0.717) is 6.54 Å². The summed E-state index contributed by atoms with van der Waals surface area (Å²) in [4.78, 5) is 34.1. The van der Waals surface area contributed by atoms with E-state index in [1.807, 2.05) is 24.3 Å². The third-order valence-electron chi connectivity index (χ3n) is 3.95. The number of carbonyl (C=O) groups is 2. The molecule has 1 aromatic carbocycles. The first-order valence-electron chi connectivity index (χ1n) is 7.64. The highest BCUT2D eigenvalue weighted by molar-refractivity contribution is 6.03. The average molecular weight is 310 g/mol. The minimum Gasteiger partial charge on any atom is -0.312 e. The van der Waals surface area contributed by atoms with Crippen molar-refractivity contribution in [3.8, 4) is 0 Å². The van der Waals surface area contributed by atoms with Crippen LogP contribution in [-0.2, 0) is 16.0 Å². The first-order chi connectivity index (χ1) is 11.2. The molecule has 1 aromatic heterocycles. The van der Waals surface area contributed by atoms with Crippen molar-refractivity contribution in [2.75, 3.05) is 16.8 Å². The van der Waals surface area contributed by atoms with Gasteiger partial charge in [0.2, 0.25) is 17.8 Å². The Morgan fingerprint density at radius 3 is 2.61 bits per heavy atom. The summed E-state index contributed by atoms with van der Waals surface area (Å²) in [6.45, 7) is 2.46. The molecule has 118 valence electrons. The number of carbonyl (C=O) groups excluding carboxylic acids is 2. The van der Waals surface area contributed by atoms with Gasteiger partial charge in [-0.3, -0.25) is 14.9 Å². The van der Waals surface area contributed by atoms with Gasteiger partial charge >= 0.3 is 0 Å². The summed E-state index contributed by atoms with van der Waals surface area (Å²) in [5.41, 5.74) is 2.05. The smallest absolute Gasteiger partial charge is 0.232 e. The Hall–Kier alpha value is -2.76. The Labute approximate surface area is 134 Å². The minimum atomic E-state index is -0.392. The zero-order valence-corrected chi connectivity index (χ0v) is 12.9. The van der Waals surface area contributed by atoms with Gasteiger partial charge in [0.25, 0.3) is 0 Å². The van der Waals surface area contributed by atoms with Gasteiger partial charge in [-0.2, -0.15) is 0 Å². The molecule has 1 N–H and O–H groups in total. The predicted octanol–water partition coefficient (Wildman–Crippen LogP) is 2.03. The van der Waals surface area contributed by atoms with E-state index < -0.39 is 5.92 Å². The lowest BCUT2D eigenvalue weighted by molar-refractivity contribution is -0.122. The molecule has 1 saturated heterocycles. The highest BCUT2D eigenvalue weighted by atomic mass is 16.2. The quantitative estimate of drug-likeness (QED) is 0.937. The number of aromatic nitrogens is 2. The molecule has 0 aliphatic carbocycles. The molecule has 0 spiro atoms. The van der Waals surface area contributed by atoms with Crippen molar-refractivity contribution in [1.82, 2.24) is 9.97 Å². The fraction of sp³-hybridized carbons (Fsp3) is 0.294. The molecule has 0 saturated carbocycles. The molecule has 6 nitrogen and oxygen atoms in total. The van der Waals surface area contributed by atoms with Gasteiger partial charge in [-0.25, -0.2) is 9.97 Å². The number of aryl methyl sites for hydroxylation is 1. The van der Waals surface area contributed by atoms with E-state index in [1.165, 1.54) is 5.56 Å². The highest BCUT2D eigenvalue weighted by Crippen LogP contribution is 2.26. The van der Waals surface area contributed by atoms with Crippen LogP contribution in [-0.4, -0.2) is 28.3 Å². The summed E-state index contributed by atoms with van der Waals surface area (Å²) < 4.78 is 0. The molecule has 1 fully saturated rings. The van der Waals surface area contributed by atoms with Gasteiger partial charge in [0.05, 0.1) is 5.92 Å². The van der Waals surface area contributed by atoms with Gasteiger partial charge in [0, 0.05) is 31.0 Å². The minimum absolute atomic E-state index is 0.0385. The van der Waals surface area contributed by atoms with Gasteiger partial charge in [-0.1, -0.05) is 19.1 Å². The molecule has 2 amide bonds. The molecule has 1 atom stereocenters. The van der Waals surface area contributed by atoms with Crippen molar-refractivity contribution in [3.05, 3.63) is 48.3 Å². The summed E-state index contributed by atoms with van der Waals surface area (Å²) in [5.74, 6) is -0.395. The zero-order valence-electron chi connectivity index (χ0n) is 12.9. The molecular weight excluding hydrogens is 292 g/mol. The van der Waals surface area contributed by atoms with E-state index in [9.17, 15) is 9.59 Å². The molecular formula is C17H18N4O2. The lowest BCUT2D eigenvalue weighted by atomic mass is 10.1. The summed E-state index contributed by atoms with van der Waals surface area (Å²) in [6, 6.07) is 9.55. The van der Waals surface area contributed by atoms with Gasteiger partial charge in [0.15, 0.2) is 0 Å². The number of benzene rings is 1. The van der Waals surface area contributed by atoms with Crippen LogP contribution in [0.2, 0.25) is 0 Å². The molecule has 2 heterocycles. The topological polar surface area (TPSA) is 75.2 Å². The lowest BCUT2D eigenvalue weighted by Crippen LogP contribution is -2.28. The molecule has 2 aromatic rings. The lowest BCUT2D eigenvalue weighted by Gasteiger charge is -2.17. The average Bonchev–Trinajstić information content (AvgIpc) is 2.98. The molecule has 1 aliphatic rings. The van der Waals surface area contributed by atoms with Crippen molar-refractivity contribution in [3.63, 3.8) is 0 Å². The van der Waals surface area contributed by atoms with E-state index in [4.69, 9.17) is 0 Å². The Morgan fingerprint density at radius 1 is 1.26 bits per heavy atom. The number of hydrogen-bond donors (Lipinski definition) is 1. The SMILES string of the molecule is CCc1ccc(N2C[C@@H](C(=O)Nc3ncccn3)CC2=O)cc1. The third kappa shape index (κ3) is 3.36. The molecule has 0 unspecified atom stereocenters. The highest BCUT2D eigenvalue weighted by Gasteiger charge is 2.35. The fourth-order valence-electron chi connectivity index (χ4n) is 2.62. The Kier molecular flexibility index (Phi) is 4.32. The third-order valence-corrected chi connectivity index (χ3v) is 3.95. The summed E-state index contributed by atoms with van der Waals surface area (Å²) in [6.07, 6.45) is 4.28. The predicted molar refractivity (Wildman–Crippen MR) is 86.9 cm³/mol. The van der Waals surface area contributed by atoms with E-state index in [-0.39, 0.29) is 24.2 Å². The van der Waals surface area contributed by atoms with Crippen molar-refractivity contribution >= 4 is 23.5 Å². The van der Waals surface area contributed by atoms with Gasteiger partial charge < -0.3 is 4.90 Å². The molecule has 1 aliphatic heterocycles. The number of amides is 2. The van der Waals surface area contributed by atoms with Crippen LogP contribution in [0, 0.1) is 5.92 Å². The Balaban J connectivity index is 1.67. The van der Waals surface area contributed by atoms with E-state index in [0.717, 1.165) is 12.1 Å². The fourth-order valence-corrected chi connectivity index (χ4v) is 2.62. The molecule has 3 rings (SSSR count). The van der Waals surface area contributed by atoms with Gasteiger partial charge in [-0.15, -0.1) is 0 Å². The number of anilines is 2. The summed E-state index contributed by atoms with van der Waals surface area (Å²) in [5, 5.41) is 2.65. The van der Waals surface area contributed by atoms with Crippen molar-refractivity contribution < 1.29 is 9.59 Å². The maximum Gasteiger partial charge on any atom is 0.232 e. The molecule has 0 bridgehead atoms. The van der Waals surface area contributed by atoms with Gasteiger partial charge in [0.1, 0.15) is 0 Å². The van der Waals surface area contributed by atoms with Crippen LogP contribution in [0.4, 0.5) is 11.6 Å². The second kappa shape index (κ2) is 6.56. The van der Waals surface area contributed by atoms with Crippen molar-refractivity contribution in [2.24, 2.45) is 5.92 Å². The van der Waals surface area contributed by atoms with Crippen molar-refractivity contribution in [2.45, 2.75) is 19.8 Å². The maximum absolute atomic E-state index is 12.3. The molecule has 23 heavy (non-hydrogen) atoms. The van der Waals surface area contributed by atoms with Crippen LogP contribution in [0.15, 0.2) is 42.7 Å². The second-order valence-corrected chi connectivity index (χ2v) is 5.49. The van der Waals surface area contributed by atoms with Gasteiger partial charge in [-0.05, 0) is 30.2 Å². The monoisotopic (exact) mass is 310 g/mol. The van der Waals surface area contributed by atoms with Crippen LogP contribution in [0.25, 0.3) is 0 Å². The normalized spacial score (nSPS) is 17.3. The van der Waals surface area contributed by atoms with E-state index >= 15 is 0 Å². The van der Waals surface area contributed by atoms with Crippen molar-refractivity contribution in [1.29, 1.82) is 0 Å². The largest absolute Gasteiger partial charge is 0.312 e. The Morgan fingerprint density at radius 2 is 1.96 bits per heavy atom. The first-order valence-corrected chi connectivity index (χ1v) is 7.64. The number of nitrogens with one attached hydrogen (secondary N) is 1. The van der Waals surface area contributed by atoms with E-state index in [2.05, 4.69) is 22.2 Å². The van der Waals surface area contributed by atoms with Crippen LogP contribution >= 0.6 is 0 Å². The first kappa shape index (κ1) is 15.1. The Bertz CT molecular complexity index is 700. The van der Waals surface area contributed by atoms with E-state index in [1.54, 1.807) is 23.4 Å². The second-order valence-electron chi connectivity index (χ2n) is 5.49. The van der Waals surface area contributed by atoms with Crippen LogP contribution in [0.1, 0.15) is 18.9 Å². The van der Waals surface area contributed by atoms with Crippen LogP contribution < -0.4 is 10.2 Å². The number of nitrogens with zero attached hydrogens (tertiary/aromatic N) is 3. The molecule has 0 radical (unpaired) electrons.